The molecule has 150 valence electrons. The van der Waals surface area contributed by atoms with Crippen LogP contribution in [0, 0.1) is 5.92 Å². The number of hydrogen-bond donors (Lipinski definition) is 1. The van der Waals surface area contributed by atoms with Crippen molar-refractivity contribution in [2.24, 2.45) is 5.92 Å². The van der Waals surface area contributed by atoms with Crippen LogP contribution in [0.2, 0.25) is 5.02 Å². The molecule has 4 rings (SSSR count). The third kappa shape index (κ3) is 5.00. The van der Waals surface area contributed by atoms with Gasteiger partial charge >= 0.3 is 0 Å². The highest BCUT2D eigenvalue weighted by Crippen LogP contribution is 2.33. The van der Waals surface area contributed by atoms with Crippen molar-refractivity contribution in [3.63, 3.8) is 0 Å². The molecule has 0 bridgehead atoms. The lowest BCUT2D eigenvalue weighted by atomic mass is 10.2. The largest absolute Gasteiger partial charge is 0.353 e. The fourth-order valence-corrected chi connectivity index (χ4v) is 4.25. The third-order valence-corrected chi connectivity index (χ3v) is 6.36. The van der Waals surface area contributed by atoms with Crippen LogP contribution in [0.25, 0.3) is 11.4 Å². The molecule has 0 aliphatic heterocycles. The Morgan fingerprint density at radius 3 is 2.62 bits per heavy atom. The predicted molar refractivity (Wildman–Crippen MR) is 117 cm³/mol. The maximum Gasteiger partial charge on any atom is 0.230 e. The first-order chi connectivity index (χ1) is 14.1. The van der Waals surface area contributed by atoms with Crippen molar-refractivity contribution in [1.82, 2.24) is 20.1 Å². The number of aromatic nitrogens is 3. The van der Waals surface area contributed by atoms with Gasteiger partial charge in [0.05, 0.1) is 17.3 Å². The average Bonchev–Trinajstić information content (AvgIpc) is 3.51. The molecule has 1 N–H and O–H groups in total. The van der Waals surface area contributed by atoms with E-state index >= 15 is 0 Å². The minimum Gasteiger partial charge on any atom is -0.353 e. The quantitative estimate of drug-likeness (QED) is 0.532. The van der Waals surface area contributed by atoms with Crippen LogP contribution in [0.5, 0.6) is 0 Å². The van der Waals surface area contributed by atoms with Crippen LogP contribution < -0.4 is 5.32 Å². The molecule has 0 spiro atoms. The summed E-state index contributed by atoms with van der Waals surface area (Å²) in [5.41, 5.74) is 1.96. The van der Waals surface area contributed by atoms with Crippen LogP contribution in [0.3, 0.4) is 0 Å². The minimum absolute atomic E-state index is 0.0305. The van der Waals surface area contributed by atoms with E-state index < -0.39 is 0 Å². The van der Waals surface area contributed by atoms with Crippen LogP contribution >= 0.6 is 23.4 Å². The van der Waals surface area contributed by atoms with Gasteiger partial charge in [-0.1, -0.05) is 65.8 Å². The van der Waals surface area contributed by atoms with Gasteiger partial charge in [0.1, 0.15) is 0 Å². The Bertz CT molecular complexity index is 987. The summed E-state index contributed by atoms with van der Waals surface area (Å²) in [7, 11) is 0. The van der Waals surface area contributed by atoms with Crippen molar-refractivity contribution in [2.45, 2.75) is 37.5 Å². The minimum atomic E-state index is 0.0305. The molecule has 1 aliphatic carbocycles. The highest BCUT2D eigenvalue weighted by atomic mass is 35.5. The number of hydrogen-bond acceptors (Lipinski definition) is 4. The number of carbonyl (C=O) groups is 1. The number of nitrogens with zero attached hydrogens (tertiary/aromatic N) is 3. The molecule has 1 aromatic heterocycles. The molecular weight excluding hydrogens is 404 g/mol. The summed E-state index contributed by atoms with van der Waals surface area (Å²) >= 11 is 7.82. The summed E-state index contributed by atoms with van der Waals surface area (Å²) in [5, 5.41) is 13.2. The summed E-state index contributed by atoms with van der Waals surface area (Å²) in [6, 6.07) is 18.0. The normalized spacial score (nSPS) is 14.6. The topological polar surface area (TPSA) is 59.8 Å². The Morgan fingerprint density at radius 1 is 1.17 bits per heavy atom. The van der Waals surface area contributed by atoms with Gasteiger partial charge < -0.3 is 5.32 Å². The van der Waals surface area contributed by atoms with E-state index in [4.69, 9.17) is 11.6 Å². The molecule has 1 fully saturated rings. The number of nitrogens with one attached hydrogen (secondary N) is 1. The fraction of sp³-hybridized carbons (Fsp3) is 0.318. The number of benzene rings is 2. The SMILES string of the molecule is CC(NC(=O)CSc1nnc(-c2ccccc2Cl)n1Cc1ccccc1)C1CC1. The van der Waals surface area contributed by atoms with E-state index in [0.29, 0.717) is 34.2 Å². The molecule has 1 heterocycles. The summed E-state index contributed by atoms with van der Waals surface area (Å²) < 4.78 is 2.03. The second-order valence-electron chi connectivity index (χ2n) is 7.34. The van der Waals surface area contributed by atoms with Gasteiger partial charge in [0, 0.05) is 11.6 Å². The first kappa shape index (κ1) is 20.0. The first-order valence-electron chi connectivity index (χ1n) is 9.76. The van der Waals surface area contributed by atoms with Crippen LogP contribution in [-0.4, -0.2) is 32.5 Å². The Morgan fingerprint density at radius 2 is 1.90 bits per heavy atom. The van der Waals surface area contributed by atoms with Crippen LogP contribution in [0.4, 0.5) is 0 Å². The van der Waals surface area contributed by atoms with E-state index in [0.717, 1.165) is 11.1 Å². The van der Waals surface area contributed by atoms with E-state index in [1.807, 2.05) is 47.0 Å². The summed E-state index contributed by atoms with van der Waals surface area (Å²) in [6.45, 7) is 2.68. The Kier molecular flexibility index (Phi) is 6.21. The number of thioether (sulfide) groups is 1. The molecule has 1 aliphatic rings. The average molecular weight is 427 g/mol. The summed E-state index contributed by atoms with van der Waals surface area (Å²) in [5.74, 6) is 1.68. The number of rotatable bonds is 8. The van der Waals surface area contributed by atoms with Gasteiger partial charge in [-0.25, -0.2) is 0 Å². The lowest BCUT2D eigenvalue weighted by Gasteiger charge is -2.13. The molecule has 1 unspecified atom stereocenters. The van der Waals surface area contributed by atoms with Gasteiger partial charge in [-0.2, -0.15) is 0 Å². The monoisotopic (exact) mass is 426 g/mol. The van der Waals surface area contributed by atoms with Crippen LogP contribution in [0.15, 0.2) is 59.8 Å². The van der Waals surface area contributed by atoms with Gasteiger partial charge in [0.2, 0.25) is 5.91 Å². The first-order valence-corrected chi connectivity index (χ1v) is 11.1. The van der Waals surface area contributed by atoms with Gasteiger partial charge in [-0.05, 0) is 43.4 Å². The third-order valence-electron chi connectivity index (χ3n) is 5.07. The molecule has 0 saturated heterocycles. The van der Waals surface area contributed by atoms with Crippen molar-refractivity contribution < 1.29 is 4.79 Å². The Labute approximate surface area is 179 Å². The highest BCUT2D eigenvalue weighted by Gasteiger charge is 2.29. The van der Waals surface area contributed by atoms with Gasteiger partial charge in [-0.15, -0.1) is 10.2 Å². The molecule has 1 amide bonds. The molecule has 29 heavy (non-hydrogen) atoms. The molecule has 1 atom stereocenters. The molecule has 7 heteroatoms. The van der Waals surface area contributed by atoms with Crippen LogP contribution in [0.1, 0.15) is 25.3 Å². The van der Waals surface area contributed by atoms with E-state index in [-0.39, 0.29) is 11.9 Å². The Balaban J connectivity index is 1.56. The zero-order valence-corrected chi connectivity index (χ0v) is 17.8. The standard InChI is InChI=1S/C22H23ClN4OS/c1-15(17-11-12-17)24-20(28)14-29-22-26-25-21(18-9-5-6-10-19(18)23)27(22)13-16-7-3-2-4-8-16/h2-10,15,17H,11-14H2,1H3,(H,24,28). The fourth-order valence-electron chi connectivity index (χ4n) is 3.29. The summed E-state index contributed by atoms with van der Waals surface area (Å²) in [6.07, 6.45) is 2.42. The van der Waals surface area contributed by atoms with Crippen molar-refractivity contribution >= 4 is 29.3 Å². The summed E-state index contributed by atoms with van der Waals surface area (Å²) in [4.78, 5) is 12.3. The molecule has 3 aromatic rings. The predicted octanol–water partition coefficient (Wildman–Crippen LogP) is 4.65. The van der Waals surface area contributed by atoms with Gasteiger partial charge in [0.15, 0.2) is 11.0 Å². The molecular formula is C22H23ClN4OS. The number of halogens is 1. The van der Waals surface area contributed by atoms with Crippen molar-refractivity contribution in [3.05, 3.63) is 65.2 Å². The Hall–Kier alpha value is -2.31. The van der Waals surface area contributed by atoms with Gasteiger partial charge in [-0.3, -0.25) is 9.36 Å². The zero-order valence-electron chi connectivity index (χ0n) is 16.2. The lowest BCUT2D eigenvalue weighted by Crippen LogP contribution is -2.35. The second kappa shape index (κ2) is 9.01. The van der Waals surface area contributed by atoms with Crippen molar-refractivity contribution in [2.75, 3.05) is 5.75 Å². The zero-order chi connectivity index (χ0) is 20.2. The maximum absolute atomic E-state index is 12.3. The second-order valence-corrected chi connectivity index (χ2v) is 8.69. The highest BCUT2D eigenvalue weighted by molar-refractivity contribution is 7.99. The maximum atomic E-state index is 12.3. The van der Waals surface area contributed by atoms with E-state index in [9.17, 15) is 4.79 Å². The molecule has 1 saturated carbocycles. The molecule has 5 nitrogen and oxygen atoms in total. The molecule has 2 aromatic carbocycles. The van der Waals surface area contributed by atoms with E-state index in [2.05, 4.69) is 34.6 Å². The lowest BCUT2D eigenvalue weighted by molar-refractivity contribution is -0.119. The van der Waals surface area contributed by atoms with Gasteiger partial charge in [0.25, 0.3) is 0 Å². The smallest absolute Gasteiger partial charge is 0.230 e. The van der Waals surface area contributed by atoms with Crippen molar-refractivity contribution in [3.8, 4) is 11.4 Å². The molecule has 0 radical (unpaired) electrons. The number of amides is 1. The van der Waals surface area contributed by atoms with E-state index in [1.165, 1.54) is 24.6 Å². The van der Waals surface area contributed by atoms with E-state index in [1.54, 1.807) is 0 Å². The van der Waals surface area contributed by atoms with Crippen LogP contribution in [-0.2, 0) is 11.3 Å². The number of carbonyl (C=O) groups excluding carboxylic acids is 1. The van der Waals surface area contributed by atoms with Crippen molar-refractivity contribution in [1.29, 1.82) is 0 Å².